The lowest BCUT2D eigenvalue weighted by Crippen LogP contribution is -2.42. The summed E-state index contributed by atoms with van der Waals surface area (Å²) in [5, 5.41) is 0.399. The summed E-state index contributed by atoms with van der Waals surface area (Å²) in [5.74, 6) is 0.817. The molecule has 4 rings (SSSR count). The number of nitrogens with zero attached hydrogens (tertiary/aromatic N) is 2. The van der Waals surface area contributed by atoms with E-state index in [0.29, 0.717) is 57.7 Å². The van der Waals surface area contributed by atoms with Crippen molar-refractivity contribution in [2.45, 2.75) is 0 Å². The topological polar surface area (TPSA) is 68.3 Å². The zero-order valence-corrected chi connectivity index (χ0v) is 20.2. The first-order chi connectivity index (χ1) is 16.0. The van der Waals surface area contributed by atoms with E-state index in [2.05, 4.69) is 0 Å². The van der Waals surface area contributed by atoms with Crippen molar-refractivity contribution in [1.82, 2.24) is 4.90 Å². The molecule has 172 valence electrons. The molecule has 2 aliphatic heterocycles. The Kier molecular flexibility index (Phi) is 7.54. The maximum atomic E-state index is 13.0. The molecule has 2 amide bonds. The smallest absolute Gasteiger partial charge is 0.270 e. The van der Waals surface area contributed by atoms with Crippen molar-refractivity contribution in [1.29, 1.82) is 0 Å². The van der Waals surface area contributed by atoms with Gasteiger partial charge in [0, 0.05) is 13.1 Å². The predicted molar refractivity (Wildman–Crippen MR) is 133 cm³/mol. The summed E-state index contributed by atoms with van der Waals surface area (Å²) in [5.41, 5.74) is 1.40. The maximum absolute atomic E-state index is 13.0. The second-order valence-corrected chi connectivity index (χ2v) is 9.27. The van der Waals surface area contributed by atoms with Crippen molar-refractivity contribution >= 4 is 63.5 Å². The molecule has 33 heavy (non-hydrogen) atoms. The van der Waals surface area contributed by atoms with Crippen molar-refractivity contribution in [3.63, 3.8) is 0 Å². The molecule has 0 atom stereocenters. The van der Waals surface area contributed by atoms with E-state index in [1.807, 2.05) is 12.1 Å². The van der Waals surface area contributed by atoms with Gasteiger partial charge in [0.25, 0.3) is 11.8 Å². The molecule has 2 aromatic rings. The number of morpholine rings is 1. The number of ether oxygens (including phenoxy) is 3. The number of methoxy groups -OCH3 is 1. The molecule has 0 unspecified atom stereocenters. The zero-order valence-electron chi connectivity index (χ0n) is 17.8. The molecule has 10 heteroatoms. The van der Waals surface area contributed by atoms with Crippen molar-refractivity contribution < 1.29 is 23.8 Å². The number of amides is 2. The lowest BCUT2D eigenvalue weighted by Gasteiger charge is -2.26. The second-order valence-electron chi connectivity index (χ2n) is 7.19. The van der Waals surface area contributed by atoms with Crippen molar-refractivity contribution in [3.8, 4) is 11.5 Å². The molecule has 0 spiro atoms. The SMILES string of the molecule is COc1ccc(N2C(=O)/C(=C\c3ccc(OCC(=O)N4CCOCC4)cc3)SC2=S)cc1Cl. The van der Waals surface area contributed by atoms with Crippen LogP contribution in [0.4, 0.5) is 5.69 Å². The fourth-order valence-corrected chi connectivity index (χ4v) is 4.90. The van der Waals surface area contributed by atoms with Gasteiger partial charge in [0.2, 0.25) is 0 Å². The minimum Gasteiger partial charge on any atom is -0.495 e. The molecule has 2 aromatic carbocycles. The van der Waals surface area contributed by atoms with Crippen LogP contribution in [-0.4, -0.2) is 61.1 Å². The van der Waals surface area contributed by atoms with Crippen LogP contribution in [0.1, 0.15) is 5.56 Å². The quantitative estimate of drug-likeness (QED) is 0.435. The number of rotatable bonds is 6. The highest BCUT2D eigenvalue weighted by atomic mass is 35.5. The summed E-state index contributed by atoms with van der Waals surface area (Å²) in [4.78, 5) is 28.9. The van der Waals surface area contributed by atoms with Crippen molar-refractivity contribution in [3.05, 3.63) is 58.0 Å². The van der Waals surface area contributed by atoms with E-state index in [1.54, 1.807) is 41.3 Å². The minimum absolute atomic E-state index is 0.0254. The third-order valence-corrected chi connectivity index (χ3v) is 6.69. The highest BCUT2D eigenvalue weighted by molar-refractivity contribution is 8.27. The number of carbonyl (C=O) groups is 2. The number of halogens is 1. The molecule has 2 aliphatic rings. The van der Waals surface area contributed by atoms with E-state index < -0.39 is 0 Å². The average Bonchev–Trinajstić information content (AvgIpc) is 3.11. The molecule has 0 saturated carbocycles. The third-order valence-electron chi connectivity index (χ3n) is 5.09. The predicted octanol–water partition coefficient (Wildman–Crippen LogP) is 3.99. The van der Waals surface area contributed by atoms with E-state index in [9.17, 15) is 9.59 Å². The van der Waals surface area contributed by atoms with Gasteiger partial charge in [-0.3, -0.25) is 14.5 Å². The number of anilines is 1. The number of hydrogen-bond acceptors (Lipinski definition) is 7. The van der Waals surface area contributed by atoms with E-state index in [4.69, 9.17) is 38.0 Å². The normalized spacial score (nSPS) is 17.6. The molecule has 0 aromatic heterocycles. The van der Waals surface area contributed by atoms with Gasteiger partial charge in [0.05, 0.1) is 35.9 Å². The minimum atomic E-state index is -0.220. The maximum Gasteiger partial charge on any atom is 0.270 e. The standard InChI is InChI=1S/C23H21ClN2O5S2/c1-29-19-7-4-16(13-18(19)24)26-22(28)20(33-23(26)32)12-15-2-5-17(6-3-15)31-14-21(27)25-8-10-30-11-9-25/h2-7,12-13H,8-11,14H2,1H3/b20-12+. The van der Waals surface area contributed by atoms with Crippen LogP contribution in [0.5, 0.6) is 11.5 Å². The molecule has 0 radical (unpaired) electrons. The Labute approximate surface area is 206 Å². The van der Waals surface area contributed by atoms with E-state index in [0.717, 1.165) is 5.56 Å². The summed E-state index contributed by atoms with van der Waals surface area (Å²) in [7, 11) is 1.53. The Bertz CT molecular complexity index is 1100. The molecule has 0 aliphatic carbocycles. The van der Waals surface area contributed by atoms with Gasteiger partial charge < -0.3 is 19.1 Å². The average molecular weight is 505 g/mol. The van der Waals surface area contributed by atoms with E-state index in [-0.39, 0.29) is 18.4 Å². The van der Waals surface area contributed by atoms with Crippen LogP contribution in [0, 0.1) is 0 Å². The molecule has 2 heterocycles. The Balaban J connectivity index is 1.40. The van der Waals surface area contributed by atoms with Gasteiger partial charge in [-0.05, 0) is 42.0 Å². The number of thioether (sulfide) groups is 1. The van der Waals surface area contributed by atoms with Crippen LogP contribution in [-0.2, 0) is 14.3 Å². The molecular weight excluding hydrogens is 484 g/mol. The van der Waals surface area contributed by atoms with Gasteiger partial charge in [-0.2, -0.15) is 0 Å². The first kappa shape index (κ1) is 23.6. The molecule has 2 fully saturated rings. The second kappa shape index (κ2) is 10.6. The summed E-state index contributed by atoms with van der Waals surface area (Å²) >= 11 is 12.8. The van der Waals surface area contributed by atoms with Gasteiger partial charge in [0.15, 0.2) is 10.9 Å². The monoisotopic (exact) mass is 504 g/mol. The van der Waals surface area contributed by atoms with Gasteiger partial charge in [-0.25, -0.2) is 0 Å². The van der Waals surface area contributed by atoms with Crippen LogP contribution < -0.4 is 14.4 Å². The van der Waals surface area contributed by atoms with Crippen LogP contribution in [0.25, 0.3) is 6.08 Å². The fraction of sp³-hybridized carbons (Fsp3) is 0.261. The van der Waals surface area contributed by atoms with Gasteiger partial charge in [-0.1, -0.05) is 47.7 Å². The van der Waals surface area contributed by atoms with E-state index >= 15 is 0 Å². The number of carbonyl (C=O) groups excluding carboxylic acids is 2. The molecule has 0 N–H and O–H groups in total. The van der Waals surface area contributed by atoms with Crippen LogP contribution in [0.3, 0.4) is 0 Å². The van der Waals surface area contributed by atoms with Gasteiger partial charge >= 0.3 is 0 Å². The van der Waals surface area contributed by atoms with Crippen molar-refractivity contribution in [2.75, 3.05) is 44.9 Å². The van der Waals surface area contributed by atoms with Crippen LogP contribution in [0.15, 0.2) is 47.4 Å². The lowest BCUT2D eigenvalue weighted by molar-refractivity contribution is -0.137. The summed E-state index contributed by atoms with van der Waals surface area (Å²) < 4.78 is 16.5. The van der Waals surface area contributed by atoms with Crippen LogP contribution >= 0.6 is 35.6 Å². The van der Waals surface area contributed by atoms with Crippen LogP contribution in [0.2, 0.25) is 5.02 Å². The number of hydrogen-bond donors (Lipinski definition) is 0. The van der Waals surface area contributed by atoms with Crippen molar-refractivity contribution in [2.24, 2.45) is 0 Å². The number of thiocarbonyl (C=S) groups is 1. The van der Waals surface area contributed by atoms with Gasteiger partial charge in [0.1, 0.15) is 11.5 Å². The summed E-state index contributed by atoms with van der Waals surface area (Å²) in [6.45, 7) is 2.25. The highest BCUT2D eigenvalue weighted by Crippen LogP contribution is 2.38. The first-order valence-corrected chi connectivity index (χ1v) is 11.8. The highest BCUT2D eigenvalue weighted by Gasteiger charge is 2.33. The summed E-state index contributed by atoms with van der Waals surface area (Å²) in [6, 6.07) is 12.3. The first-order valence-electron chi connectivity index (χ1n) is 10.2. The molecule has 7 nitrogen and oxygen atoms in total. The Morgan fingerprint density at radius 1 is 1.21 bits per heavy atom. The molecular formula is C23H21ClN2O5S2. The Morgan fingerprint density at radius 3 is 2.61 bits per heavy atom. The zero-order chi connectivity index (χ0) is 23.4. The lowest BCUT2D eigenvalue weighted by atomic mass is 10.2. The Hall–Kier alpha value is -2.59. The van der Waals surface area contributed by atoms with E-state index in [1.165, 1.54) is 23.8 Å². The number of benzene rings is 2. The molecule has 0 bridgehead atoms. The summed E-state index contributed by atoms with van der Waals surface area (Å²) in [6.07, 6.45) is 1.77. The largest absolute Gasteiger partial charge is 0.495 e. The third kappa shape index (κ3) is 5.50. The molecule has 2 saturated heterocycles. The Morgan fingerprint density at radius 2 is 1.94 bits per heavy atom. The van der Waals surface area contributed by atoms with Gasteiger partial charge in [-0.15, -0.1) is 0 Å². The fourth-order valence-electron chi connectivity index (χ4n) is 3.35.